The van der Waals surface area contributed by atoms with Crippen molar-refractivity contribution in [2.75, 3.05) is 33.0 Å². The Kier molecular flexibility index (Phi) is 10.4. The smallest absolute Gasteiger partial charge is 0.440 e. The number of alkyl carbamates (subject to hydrolysis) is 1. The van der Waals surface area contributed by atoms with Gasteiger partial charge in [-0.3, -0.25) is 0 Å². The van der Waals surface area contributed by atoms with Crippen molar-refractivity contribution in [3.8, 4) is 0 Å². The lowest BCUT2D eigenvalue weighted by Gasteiger charge is -2.28. The number of carbonyl (C=O) groups is 1. The summed E-state index contributed by atoms with van der Waals surface area (Å²) >= 11 is 0. The molecule has 0 aromatic heterocycles. The third-order valence-electron chi connectivity index (χ3n) is 2.39. The monoisotopic (exact) mass is 347 g/mol. The highest BCUT2D eigenvalue weighted by Crippen LogP contribution is 2.18. The Hall–Kier alpha value is -0.843. The van der Waals surface area contributed by atoms with Crippen molar-refractivity contribution in [2.45, 2.75) is 39.4 Å². The van der Waals surface area contributed by atoms with E-state index in [4.69, 9.17) is 13.3 Å². The minimum atomic E-state index is -4.53. The maximum atomic E-state index is 11.9. The van der Waals surface area contributed by atoms with E-state index in [2.05, 4.69) is 10.1 Å². The molecule has 0 radical (unpaired) electrons. The highest BCUT2D eigenvalue weighted by molar-refractivity contribution is 6.60. The van der Waals surface area contributed by atoms with Gasteiger partial charge >= 0.3 is 21.1 Å². The molecule has 0 bridgehead atoms. The number of carbonyl (C=O) groups excluding carboxylic acids is 1. The number of alkyl halides is 3. The van der Waals surface area contributed by atoms with Gasteiger partial charge in [-0.1, -0.05) is 0 Å². The maximum Gasteiger partial charge on any atom is 0.500 e. The van der Waals surface area contributed by atoms with Crippen LogP contribution < -0.4 is 5.32 Å². The topological polar surface area (TPSA) is 66.0 Å². The van der Waals surface area contributed by atoms with Crippen LogP contribution in [0.4, 0.5) is 18.0 Å². The van der Waals surface area contributed by atoms with E-state index >= 15 is 0 Å². The summed E-state index contributed by atoms with van der Waals surface area (Å²) in [6, 6.07) is 0.460. The molecule has 6 nitrogen and oxygen atoms in total. The van der Waals surface area contributed by atoms with Gasteiger partial charge in [0.15, 0.2) is 6.61 Å². The zero-order valence-corrected chi connectivity index (χ0v) is 14.1. The van der Waals surface area contributed by atoms with Gasteiger partial charge in [0.25, 0.3) is 0 Å². The van der Waals surface area contributed by atoms with E-state index in [1.807, 2.05) is 20.8 Å². The van der Waals surface area contributed by atoms with Crippen LogP contribution in [0.3, 0.4) is 0 Å². The first kappa shape index (κ1) is 21.2. The molecule has 0 heterocycles. The summed E-state index contributed by atoms with van der Waals surface area (Å²) in [7, 11) is -2.79. The molecule has 0 aromatic rings. The number of hydrogen-bond acceptors (Lipinski definition) is 5. The van der Waals surface area contributed by atoms with Crippen LogP contribution >= 0.6 is 0 Å². The Morgan fingerprint density at radius 1 is 1.05 bits per heavy atom. The second-order valence-corrected chi connectivity index (χ2v) is 6.94. The van der Waals surface area contributed by atoms with Crippen molar-refractivity contribution in [1.82, 2.24) is 5.32 Å². The van der Waals surface area contributed by atoms with Gasteiger partial charge in [-0.05, 0) is 27.2 Å². The molecule has 1 N–H and O–H groups in total. The summed E-state index contributed by atoms with van der Waals surface area (Å²) in [5.41, 5.74) is 0. The molecule has 0 spiro atoms. The van der Waals surface area contributed by atoms with Crippen LogP contribution in [0.25, 0.3) is 0 Å². The van der Waals surface area contributed by atoms with Crippen LogP contribution in [0.15, 0.2) is 0 Å². The fourth-order valence-corrected chi connectivity index (χ4v) is 4.31. The standard InChI is InChI=1S/C12H24F3NO5Si/c1-4-19-22(20-5-2,21-6-3)9-7-8-16-11(17)18-10-12(13,14)15/h4-10H2,1-3H3,(H,16,17). The van der Waals surface area contributed by atoms with Gasteiger partial charge in [-0.2, -0.15) is 13.2 Å². The summed E-state index contributed by atoms with van der Waals surface area (Å²) < 4.78 is 56.5. The molecule has 0 aliphatic heterocycles. The molecule has 0 saturated carbocycles. The number of halogens is 3. The van der Waals surface area contributed by atoms with Crippen molar-refractivity contribution >= 4 is 14.9 Å². The first-order valence-electron chi connectivity index (χ1n) is 7.17. The molecule has 0 unspecified atom stereocenters. The Balaban J connectivity index is 4.13. The van der Waals surface area contributed by atoms with Crippen molar-refractivity contribution < 1.29 is 36.0 Å². The molecule has 10 heteroatoms. The number of amides is 1. The van der Waals surface area contributed by atoms with E-state index in [0.717, 1.165) is 0 Å². The SMILES string of the molecule is CCO[Si](CCCNC(=O)OCC(F)(F)F)(OCC)OCC. The van der Waals surface area contributed by atoms with E-state index < -0.39 is 27.7 Å². The second-order valence-electron chi connectivity index (χ2n) is 4.20. The van der Waals surface area contributed by atoms with Crippen molar-refractivity contribution in [1.29, 1.82) is 0 Å². The van der Waals surface area contributed by atoms with Crippen LogP contribution in [-0.2, 0) is 18.0 Å². The Labute approximate surface area is 129 Å². The lowest BCUT2D eigenvalue weighted by atomic mass is 10.5. The summed E-state index contributed by atoms with van der Waals surface area (Å²) in [6.07, 6.45) is -5.18. The van der Waals surface area contributed by atoms with E-state index in [1.54, 1.807) is 0 Å². The van der Waals surface area contributed by atoms with Crippen molar-refractivity contribution in [3.05, 3.63) is 0 Å². The summed E-state index contributed by atoms with van der Waals surface area (Å²) in [5, 5.41) is 2.25. The summed E-state index contributed by atoms with van der Waals surface area (Å²) in [5.74, 6) is 0. The molecule has 1 amide bonds. The van der Waals surface area contributed by atoms with Gasteiger partial charge in [0.1, 0.15) is 0 Å². The normalized spacial score (nSPS) is 12.3. The van der Waals surface area contributed by atoms with E-state index in [1.165, 1.54) is 0 Å². The van der Waals surface area contributed by atoms with Crippen LogP contribution in [-0.4, -0.2) is 54.0 Å². The third kappa shape index (κ3) is 9.98. The average molecular weight is 347 g/mol. The van der Waals surface area contributed by atoms with Gasteiger partial charge in [0.2, 0.25) is 0 Å². The zero-order valence-electron chi connectivity index (χ0n) is 13.1. The van der Waals surface area contributed by atoms with Crippen molar-refractivity contribution in [2.24, 2.45) is 0 Å². The van der Waals surface area contributed by atoms with Crippen LogP contribution in [0.1, 0.15) is 27.2 Å². The van der Waals surface area contributed by atoms with Crippen LogP contribution in [0, 0.1) is 0 Å². The molecule has 132 valence electrons. The Morgan fingerprint density at radius 2 is 1.55 bits per heavy atom. The number of nitrogens with one attached hydrogen (secondary N) is 1. The van der Waals surface area contributed by atoms with E-state index in [9.17, 15) is 18.0 Å². The minimum Gasteiger partial charge on any atom is -0.440 e. The van der Waals surface area contributed by atoms with E-state index in [0.29, 0.717) is 32.3 Å². The average Bonchev–Trinajstić information content (AvgIpc) is 2.41. The Morgan fingerprint density at radius 3 is 1.95 bits per heavy atom. The maximum absolute atomic E-state index is 11.9. The predicted molar refractivity (Wildman–Crippen MR) is 75.5 cm³/mol. The molecule has 0 rings (SSSR count). The number of rotatable bonds is 11. The molecule has 22 heavy (non-hydrogen) atoms. The fourth-order valence-electron chi connectivity index (χ4n) is 1.70. The van der Waals surface area contributed by atoms with Gasteiger partial charge in [0.05, 0.1) is 0 Å². The number of hydrogen-bond donors (Lipinski definition) is 1. The highest BCUT2D eigenvalue weighted by Gasteiger charge is 2.39. The van der Waals surface area contributed by atoms with Gasteiger partial charge in [-0.15, -0.1) is 0 Å². The third-order valence-corrected chi connectivity index (χ3v) is 5.54. The molecule has 0 aliphatic rings. The molecular formula is C12H24F3NO5Si. The summed E-state index contributed by atoms with van der Waals surface area (Å²) in [4.78, 5) is 11.1. The first-order chi connectivity index (χ1) is 10.3. The molecule has 0 atom stereocenters. The minimum absolute atomic E-state index is 0.151. The predicted octanol–water partition coefficient (Wildman–Crippen LogP) is 2.71. The molecule has 0 fully saturated rings. The highest BCUT2D eigenvalue weighted by atomic mass is 28.4. The second kappa shape index (κ2) is 10.8. The van der Waals surface area contributed by atoms with Gasteiger partial charge in [0, 0.05) is 32.4 Å². The van der Waals surface area contributed by atoms with E-state index in [-0.39, 0.29) is 6.54 Å². The lowest BCUT2D eigenvalue weighted by Crippen LogP contribution is -2.46. The van der Waals surface area contributed by atoms with Gasteiger partial charge < -0.3 is 23.3 Å². The molecule has 0 aliphatic carbocycles. The lowest BCUT2D eigenvalue weighted by molar-refractivity contribution is -0.160. The number of ether oxygens (including phenoxy) is 1. The quantitative estimate of drug-likeness (QED) is 0.460. The van der Waals surface area contributed by atoms with Crippen LogP contribution in [0.2, 0.25) is 6.04 Å². The first-order valence-corrected chi connectivity index (χ1v) is 9.11. The summed E-state index contributed by atoms with van der Waals surface area (Å²) in [6.45, 7) is 5.34. The van der Waals surface area contributed by atoms with Crippen molar-refractivity contribution in [3.63, 3.8) is 0 Å². The molecule has 0 saturated heterocycles. The molecular weight excluding hydrogens is 323 g/mol. The fraction of sp³-hybridized carbons (Fsp3) is 0.917. The molecule has 0 aromatic carbocycles. The van der Waals surface area contributed by atoms with Crippen LogP contribution in [0.5, 0.6) is 0 Å². The Bertz CT molecular complexity index is 301. The largest absolute Gasteiger partial charge is 0.500 e. The zero-order chi connectivity index (χ0) is 17.1. The van der Waals surface area contributed by atoms with Gasteiger partial charge in [-0.25, -0.2) is 4.79 Å².